The normalized spacial score (nSPS) is 11.1. The Bertz CT molecular complexity index is 777. The minimum atomic E-state index is -0.553. The maximum Gasteiger partial charge on any atom is 0.0696 e. The Labute approximate surface area is 192 Å². The van der Waals surface area contributed by atoms with Gasteiger partial charge in [-0.1, -0.05) is 0 Å². The quantitative estimate of drug-likeness (QED) is 0.296. The van der Waals surface area contributed by atoms with E-state index in [0.717, 1.165) is 0 Å². The first kappa shape index (κ1) is 26.8. The van der Waals surface area contributed by atoms with Gasteiger partial charge < -0.3 is 9.47 Å². The predicted molar refractivity (Wildman–Crippen MR) is 126 cm³/mol. The SMILES string of the molecule is CC(C)c1cccc(C(C)C)c1[N]=[Mo]=[CH]C(C)(C)c1ccccc1.COCCOC. The van der Waals surface area contributed by atoms with Gasteiger partial charge in [-0.05, 0) is 0 Å². The van der Waals surface area contributed by atoms with E-state index in [1.165, 1.54) is 22.4 Å². The van der Waals surface area contributed by atoms with Crippen LogP contribution in [0.1, 0.15) is 70.1 Å². The van der Waals surface area contributed by atoms with E-state index < -0.39 is 17.9 Å². The van der Waals surface area contributed by atoms with Crippen LogP contribution in [0.3, 0.4) is 0 Å². The number of hydrogen-bond acceptors (Lipinski definition) is 3. The summed E-state index contributed by atoms with van der Waals surface area (Å²) in [5, 5.41) is 0. The van der Waals surface area contributed by atoms with E-state index in [1.807, 2.05) is 0 Å². The van der Waals surface area contributed by atoms with Crippen molar-refractivity contribution in [1.82, 2.24) is 0 Å². The zero-order valence-corrected chi connectivity index (χ0v) is 21.9. The monoisotopic (exact) mass is 495 g/mol. The van der Waals surface area contributed by atoms with Gasteiger partial charge >= 0.3 is 156 Å². The van der Waals surface area contributed by atoms with Gasteiger partial charge in [0.25, 0.3) is 0 Å². The summed E-state index contributed by atoms with van der Waals surface area (Å²) in [6.07, 6.45) is 0. The van der Waals surface area contributed by atoms with Gasteiger partial charge in [0, 0.05) is 14.2 Å². The molecule has 0 amide bonds. The van der Waals surface area contributed by atoms with Crippen molar-refractivity contribution in [3.8, 4) is 0 Å². The molecule has 4 heteroatoms. The molecule has 0 aromatic heterocycles. The van der Waals surface area contributed by atoms with E-state index in [2.05, 4.69) is 104 Å². The number of hydrogen-bond donors (Lipinski definition) is 0. The van der Waals surface area contributed by atoms with Crippen LogP contribution >= 0.6 is 0 Å². The van der Waals surface area contributed by atoms with E-state index in [-0.39, 0.29) is 5.41 Å². The molecule has 0 aliphatic rings. The summed E-state index contributed by atoms with van der Waals surface area (Å²) in [4.78, 5) is 0. The molecule has 0 N–H and O–H groups in total. The van der Waals surface area contributed by atoms with E-state index >= 15 is 0 Å². The third-order valence-corrected chi connectivity index (χ3v) is 7.26. The fraction of sp³-hybridized carbons (Fsp3) is 0.500. The first-order chi connectivity index (χ1) is 14.2. The van der Waals surface area contributed by atoms with Crippen LogP contribution in [0.4, 0.5) is 5.69 Å². The smallest absolute Gasteiger partial charge is 0.0696 e. The molecule has 0 fully saturated rings. The van der Waals surface area contributed by atoms with Crippen molar-refractivity contribution in [2.75, 3.05) is 27.4 Å². The summed E-state index contributed by atoms with van der Waals surface area (Å²) in [6.45, 7) is 15.0. The molecular formula is C26H39MoNO2. The van der Waals surface area contributed by atoms with Crippen molar-refractivity contribution in [2.24, 2.45) is 3.50 Å². The Hall–Kier alpha value is -1.28. The molecule has 0 atom stereocenters. The third-order valence-electron chi connectivity index (χ3n) is 4.84. The molecule has 2 rings (SSSR count). The molecule has 0 aliphatic heterocycles. The Balaban J connectivity index is 0.000000656. The van der Waals surface area contributed by atoms with Crippen LogP contribution < -0.4 is 0 Å². The van der Waals surface area contributed by atoms with Gasteiger partial charge in [-0.3, -0.25) is 0 Å². The van der Waals surface area contributed by atoms with Crippen molar-refractivity contribution in [2.45, 2.75) is 58.8 Å². The van der Waals surface area contributed by atoms with E-state index in [0.29, 0.717) is 25.0 Å². The van der Waals surface area contributed by atoms with Crippen molar-refractivity contribution in [1.29, 1.82) is 0 Å². The second-order valence-corrected chi connectivity index (χ2v) is 10.0. The molecular weight excluding hydrogens is 454 g/mol. The van der Waals surface area contributed by atoms with Gasteiger partial charge in [-0.15, -0.1) is 0 Å². The van der Waals surface area contributed by atoms with Crippen LogP contribution in [0.2, 0.25) is 0 Å². The number of benzene rings is 2. The fourth-order valence-electron chi connectivity index (χ4n) is 2.93. The van der Waals surface area contributed by atoms with Crippen LogP contribution in [0, 0.1) is 0 Å². The van der Waals surface area contributed by atoms with Crippen molar-refractivity contribution in [3.63, 3.8) is 0 Å². The van der Waals surface area contributed by atoms with Gasteiger partial charge in [0.1, 0.15) is 0 Å². The molecule has 0 aliphatic carbocycles. The standard InChI is InChI=1S/C12H17N.C10H12.C4H10O2.Mo/c1-8(2)10-6-5-7-11(9(3)4)12(10)13;1-10(2,3)9-7-5-4-6-8-9;1-5-3-4-6-2;/h5-9H,1-4H3;1,4-8H,2-3H3;3-4H2,1-2H3;. The van der Waals surface area contributed by atoms with E-state index in [9.17, 15) is 0 Å². The van der Waals surface area contributed by atoms with Gasteiger partial charge in [0.05, 0.1) is 13.2 Å². The summed E-state index contributed by atoms with van der Waals surface area (Å²) in [5.41, 5.74) is 5.48. The summed E-state index contributed by atoms with van der Waals surface area (Å²) in [6, 6.07) is 17.4. The number of ether oxygens (including phenoxy) is 2. The summed E-state index contributed by atoms with van der Waals surface area (Å²) in [7, 11) is 3.30. The second kappa shape index (κ2) is 13.9. The maximum atomic E-state index is 5.13. The topological polar surface area (TPSA) is 30.8 Å². The second-order valence-electron chi connectivity index (χ2n) is 8.48. The molecule has 0 saturated carbocycles. The van der Waals surface area contributed by atoms with Crippen molar-refractivity contribution >= 4 is 10.1 Å². The number of rotatable bonds is 8. The largest absolute Gasteiger partial charge is 0.382 e. The minimum Gasteiger partial charge on any atom is -0.382 e. The van der Waals surface area contributed by atoms with E-state index in [4.69, 9.17) is 3.50 Å². The molecule has 3 nitrogen and oxygen atoms in total. The first-order valence-corrected chi connectivity index (χ1v) is 12.7. The Morgan fingerprint density at radius 3 is 1.77 bits per heavy atom. The molecule has 2 aromatic rings. The van der Waals surface area contributed by atoms with Gasteiger partial charge in [-0.25, -0.2) is 0 Å². The minimum absolute atomic E-state index is 0.0811. The van der Waals surface area contributed by atoms with Crippen LogP contribution in [0.15, 0.2) is 52.0 Å². The molecule has 0 unspecified atom stereocenters. The Kier molecular flexibility index (Phi) is 12.4. The number of methoxy groups -OCH3 is 2. The summed E-state index contributed by atoms with van der Waals surface area (Å²) >= 11 is -0.553. The van der Waals surface area contributed by atoms with Crippen LogP contribution in [0.5, 0.6) is 0 Å². The zero-order chi connectivity index (χ0) is 22.6. The van der Waals surface area contributed by atoms with Crippen LogP contribution in [0.25, 0.3) is 0 Å². The van der Waals surface area contributed by atoms with Gasteiger partial charge in [0.2, 0.25) is 0 Å². The molecule has 0 heterocycles. The molecule has 0 bridgehead atoms. The molecule has 2 aromatic carbocycles. The van der Waals surface area contributed by atoms with Crippen molar-refractivity contribution < 1.29 is 27.4 Å². The fourth-order valence-corrected chi connectivity index (χ4v) is 4.82. The van der Waals surface area contributed by atoms with Gasteiger partial charge in [-0.2, -0.15) is 0 Å². The summed E-state index contributed by atoms with van der Waals surface area (Å²) < 4.78 is 16.9. The van der Waals surface area contributed by atoms with Crippen molar-refractivity contribution in [3.05, 3.63) is 65.2 Å². The Morgan fingerprint density at radius 1 is 0.833 bits per heavy atom. The molecule has 0 saturated heterocycles. The first-order valence-electron chi connectivity index (χ1n) is 10.6. The molecule has 30 heavy (non-hydrogen) atoms. The third kappa shape index (κ3) is 8.84. The molecule has 0 radical (unpaired) electrons. The predicted octanol–water partition coefficient (Wildman–Crippen LogP) is 6.89. The Morgan fingerprint density at radius 2 is 1.33 bits per heavy atom. The van der Waals surface area contributed by atoms with E-state index in [1.54, 1.807) is 14.2 Å². The van der Waals surface area contributed by atoms with Crippen LogP contribution in [-0.4, -0.2) is 31.8 Å². The molecule has 0 spiro atoms. The molecule has 166 valence electrons. The number of nitrogens with zero attached hydrogens (tertiary/aromatic N) is 1. The average Bonchev–Trinajstić information content (AvgIpc) is 2.73. The van der Waals surface area contributed by atoms with Crippen LogP contribution in [-0.2, 0) is 32.8 Å². The zero-order valence-electron chi connectivity index (χ0n) is 19.9. The summed E-state index contributed by atoms with van der Waals surface area (Å²) in [5.74, 6) is 1.02. The maximum absolute atomic E-state index is 5.13. The van der Waals surface area contributed by atoms with Gasteiger partial charge in [0.15, 0.2) is 0 Å². The average molecular weight is 494 g/mol.